The summed E-state index contributed by atoms with van der Waals surface area (Å²) in [7, 11) is 1.42. The van der Waals surface area contributed by atoms with E-state index in [9.17, 15) is 4.79 Å². The van der Waals surface area contributed by atoms with E-state index in [1.807, 2.05) is 24.3 Å². The Morgan fingerprint density at radius 2 is 1.83 bits per heavy atom. The average Bonchev–Trinajstić information content (AvgIpc) is 2.40. The fourth-order valence-corrected chi connectivity index (χ4v) is 2.10. The molecule has 0 bridgehead atoms. The standard InChI is InChI=1S/C13H19N3O2/c1-18-13(17)10-15-6-8-16(9-7-15)12-4-2-11(14)3-5-12/h2-5H,6-10,14H2,1H3. The van der Waals surface area contributed by atoms with Crippen molar-refractivity contribution >= 4 is 17.3 Å². The van der Waals surface area contributed by atoms with E-state index in [4.69, 9.17) is 5.73 Å². The topological polar surface area (TPSA) is 58.8 Å². The van der Waals surface area contributed by atoms with E-state index in [-0.39, 0.29) is 5.97 Å². The molecule has 1 fully saturated rings. The number of hydrogen-bond acceptors (Lipinski definition) is 5. The first-order valence-electron chi connectivity index (χ1n) is 6.08. The number of methoxy groups -OCH3 is 1. The number of carbonyl (C=O) groups excluding carboxylic acids is 1. The fourth-order valence-electron chi connectivity index (χ4n) is 2.10. The van der Waals surface area contributed by atoms with Gasteiger partial charge in [0.15, 0.2) is 0 Å². The van der Waals surface area contributed by atoms with Crippen LogP contribution in [0.3, 0.4) is 0 Å². The summed E-state index contributed by atoms with van der Waals surface area (Å²) < 4.78 is 4.67. The molecule has 1 aliphatic rings. The molecule has 5 heteroatoms. The molecule has 0 atom stereocenters. The summed E-state index contributed by atoms with van der Waals surface area (Å²) >= 11 is 0. The highest BCUT2D eigenvalue weighted by Gasteiger charge is 2.19. The number of nitrogen functional groups attached to an aromatic ring is 1. The van der Waals surface area contributed by atoms with Crippen molar-refractivity contribution in [2.75, 3.05) is 50.5 Å². The predicted octanol–water partition coefficient (Wildman–Crippen LogP) is 0.564. The normalized spacial score (nSPS) is 16.6. The number of hydrogen-bond donors (Lipinski definition) is 1. The first-order chi connectivity index (χ1) is 8.69. The van der Waals surface area contributed by atoms with Crippen LogP contribution in [0.25, 0.3) is 0 Å². The third-order valence-corrected chi connectivity index (χ3v) is 3.21. The van der Waals surface area contributed by atoms with Crippen molar-refractivity contribution in [3.63, 3.8) is 0 Å². The van der Waals surface area contributed by atoms with E-state index in [1.165, 1.54) is 12.8 Å². The average molecular weight is 249 g/mol. The lowest BCUT2D eigenvalue weighted by molar-refractivity contribution is -0.142. The number of nitrogens with two attached hydrogens (primary N) is 1. The summed E-state index contributed by atoms with van der Waals surface area (Å²) in [6, 6.07) is 7.89. The van der Waals surface area contributed by atoms with Gasteiger partial charge in [-0.3, -0.25) is 9.69 Å². The molecule has 0 aromatic heterocycles. The molecule has 0 aliphatic carbocycles. The number of rotatable bonds is 3. The highest BCUT2D eigenvalue weighted by atomic mass is 16.5. The second-order valence-electron chi connectivity index (χ2n) is 4.43. The SMILES string of the molecule is COC(=O)CN1CCN(c2ccc(N)cc2)CC1. The van der Waals surface area contributed by atoms with Crippen molar-refractivity contribution in [3.8, 4) is 0 Å². The van der Waals surface area contributed by atoms with Gasteiger partial charge >= 0.3 is 5.97 Å². The third kappa shape index (κ3) is 3.13. The lowest BCUT2D eigenvalue weighted by atomic mass is 10.2. The molecule has 0 amide bonds. The number of benzene rings is 1. The van der Waals surface area contributed by atoms with Crippen molar-refractivity contribution < 1.29 is 9.53 Å². The highest BCUT2D eigenvalue weighted by Crippen LogP contribution is 2.17. The van der Waals surface area contributed by atoms with E-state index < -0.39 is 0 Å². The molecule has 1 aromatic carbocycles. The zero-order valence-electron chi connectivity index (χ0n) is 10.6. The van der Waals surface area contributed by atoms with Gasteiger partial charge in [0.2, 0.25) is 0 Å². The first kappa shape index (κ1) is 12.7. The Bertz CT molecular complexity index is 397. The number of carbonyl (C=O) groups is 1. The van der Waals surface area contributed by atoms with Gasteiger partial charge in [0.05, 0.1) is 13.7 Å². The molecule has 0 radical (unpaired) electrons. The van der Waals surface area contributed by atoms with E-state index in [0.717, 1.165) is 31.9 Å². The lowest BCUT2D eigenvalue weighted by Gasteiger charge is -2.35. The Hall–Kier alpha value is -1.75. The van der Waals surface area contributed by atoms with Crippen LogP contribution in [0.5, 0.6) is 0 Å². The van der Waals surface area contributed by atoms with Crippen LogP contribution in [0.15, 0.2) is 24.3 Å². The molecule has 1 aliphatic heterocycles. The maximum Gasteiger partial charge on any atom is 0.319 e. The molecular formula is C13H19N3O2. The van der Waals surface area contributed by atoms with Crippen LogP contribution in [0, 0.1) is 0 Å². The van der Waals surface area contributed by atoms with E-state index in [1.54, 1.807) is 0 Å². The van der Waals surface area contributed by atoms with Gasteiger partial charge in [-0.1, -0.05) is 0 Å². The summed E-state index contributed by atoms with van der Waals surface area (Å²) in [4.78, 5) is 15.6. The van der Waals surface area contributed by atoms with E-state index in [0.29, 0.717) is 6.54 Å². The number of nitrogens with zero attached hydrogens (tertiary/aromatic N) is 2. The zero-order chi connectivity index (χ0) is 13.0. The summed E-state index contributed by atoms with van der Waals surface area (Å²) in [5.74, 6) is -0.170. The minimum absolute atomic E-state index is 0.170. The molecule has 1 aromatic rings. The molecule has 0 saturated carbocycles. The van der Waals surface area contributed by atoms with Crippen LogP contribution >= 0.6 is 0 Å². The van der Waals surface area contributed by atoms with E-state index >= 15 is 0 Å². The molecule has 98 valence electrons. The van der Waals surface area contributed by atoms with Gasteiger partial charge in [0.25, 0.3) is 0 Å². The zero-order valence-corrected chi connectivity index (χ0v) is 10.6. The lowest BCUT2D eigenvalue weighted by Crippen LogP contribution is -2.48. The summed E-state index contributed by atoms with van der Waals surface area (Å²) in [5, 5.41) is 0. The fraction of sp³-hybridized carbons (Fsp3) is 0.462. The number of esters is 1. The number of anilines is 2. The molecule has 0 unspecified atom stereocenters. The molecule has 2 rings (SSSR count). The Morgan fingerprint density at radius 1 is 1.22 bits per heavy atom. The molecule has 0 spiro atoms. The maximum atomic E-state index is 11.2. The Kier molecular flexibility index (Phi) is 4.04. The Balaban J connectivity index is 1.86. The summed E-state index contributed by atoms with van der Waals surface area (Å²) in [6.07, 6.45) is 0. The van der Waals surface area contributed by atoms with Gasteiger partial charge in [0.1, 0.15) is 0 Å². The van der Waals surface area contributed by atoms with Crippen molar-refractivity contribution in [1.82, 2.24) is 4.90 Å². The van der Waals surface area contributed by atoms with Gasteiger partial charge in [-0.2, -0.15) is 0 Å². The van der Waals surface area contributed by atoms with Crippen molar-refractivity contribution in [2.24, 2.45) is 0 Å². The Morgan fingerprint density at radius 3 is 2.39 bits per heavy atom. The van der Waals surface area contributed by atoms with Gasteiger partial charge in [-0.05, 0) is 24.3 Å². The van der Waals surface area contributed by atoms with E-state index in [2.05, 4.69) is 14.5 Å². The van der Waals surface area contributed by atoms with Gasteiger partial charge < -0.3 is 15.4 Å². The number of ether oxygens (including phenoxy) is 1. The summed E-state index contributed by atoms with van der Waals surface area (Å²) in [5.41, 5.74) is 7.63. The predicted molar refractivity (Wildman–Crippen MR) is 71.5 cm³/mol. The van der Waals surface area contributed by atoms with Crippen LogP contribution in [0.4, 0.5) is 11.4 Å². The van der Waals surface area contributed by atoms with Gasteiger partial charge in [0, 0.05) is 37.6 Å². The van der Waals surface area contributed by atoms with Crippen LogP contribution < -0.4 is 10.6 Å². The monoisotopic (exact) mass is 249 g/mol. The first-order valence-corrected chi connectivity index (χ1v) is 6.08. The van der Waals surface area contributed by atoms with Crippen molar-refractivity contribution in [3.05, 3.63) is 24.3 Å². The molecule has 2 N–H and O–H groups in total. The van der Waals surface area contributed by atoms with Crippen LogP contribution in [0.2, 0.25) is 0 Å². The second-order valence-corrected chi connectivity index (χ2v) is 4.43. The number of piperazine rings is 1. The molecule has 1 saturated heterocycles. The van der Waals surface area contributed by atoms with Gasteiger partial charge in [-0.25, -0.2) is 0 Å². The quantitative estimate of drug-likeness (QED) is 0.626. The second kappa shape index (κ2) is 5.73. The third-order valence-electron chi connectivity index (χ3n) is 3.21. The molecule has 18 heavy (non-hydrogen) atoms. The Labute approximate surface area is 107 Å². The maximum absolute atomic E-state index is 11.2. The van der Waals surface area contributed by atoms with Crippen LogP contribution in [0.1, 0.15) is 0 Å². The van der Waals surface area contributed by atoms with Crippen LogP contribution in [-0.4, -0.2) is 50.7 Å². The van der Waals surface area contributed by atoms with Crippen molar-refractivity contribution in [2.45, 2.75) is 0 Å². The largest absolute Gasteiger partial charge is 0.468 e. The minimum Gasteiger partial charge on any atom is -0.468 e. The van der Waals surface area contributed by atoms with Crippen LogP contribution in [-0.2, 0) is 9.53 Å². The molecule has 5 nitrogen and oxygen atoms in total. The summed E-state index contributed by atoms with van der Waals surface area (Å²) in [6.45, 7) is 3.97. The van der Waals surface area contributed by atoms with Gasteiger partial charge in [-0.15, -0.1) is 0 Å². The minimum atomic E-state index is -0.170. The van der Waals surface area contributed by atoms with Crippen molar-refractivity contribution in [1.29, 1.82) is 0 Å². The smallest absolute Gasteiger partial charge is 0.319 e. The molecular weight excluding hydrogens is 230 g/mol. The molecule has 1 heterocycles. The highest BCUT2D eigenvalue weighted by molar-refractivity contribution is 5.71.